The number of benzene rings is 2. The van der Waals surface area contributed by atoms with E-state index >= 15 is 0 Å². The fraction of sp³-hybridized carbons (Fsp3) is 0.273. The number of anilines is 2. The fourth-order valence-corrected chi connectivity index (χ4v) is 3.53. The van der Waals surface area contributed by atoms with E-state index in [4.69, 9.17) is 0 Å². The lowest BCUT2D eigenvalue weighted by Gasteiger charge is -2.33. The Bertz CT molecular complexity index is 1060. The van der Waals surface area contributed by atoms with Crippen LogP contribution in [-0.4, -0.2) is 21.9 Å². The number of aryl methyl sites for hydroxylation is 2. The molecule has 0 spiro atoms. The van der Waals surface area contributed by atoms with Gasteiger partial charge in [0.15, 0.2) is 11.7 Å². The lowest BCUT2D eigenvalue weighted by molar-refractivity contribution is -0.173. The number of hydrogen-bond acceptors (Lipinski definition) is 3. The maximum absolute atomic E-state index is 13.8. The van der Waals surface area contributed by atoms with Gasteiger partial charge in [-0.2, -0.15) is 18.3 Å². The van der Waals surface area contributed by atoms with Gasteiger partial charge in [-0.25, -0.2) is 4.68 Å². The number of alkyl halides is 3. The van der Waals surface area contributed by atoms with E-state index in [-0.39, 0.29) is 17.9 Å². The molecule has 0 saturated carbocycles. The molecule has 0 aliphatic carbocycles. The Kier molecular flexibility index (Phi) is 5.01. The van der Waals surface area contributed by atoms with Crippen LogP contribution < -0.4 is 10.6 Å². The highest BCUT2D eigenvalue weighted by molar-refractivity contribution is 6.03. The summed E-state index contributed by atoms with van der Waals surface area (Å²) in [6.07, 6.45) is -4.70. The van der Waals surface area contributed by atoms with Crippen molar-refractivity contribution in [3.05, 3.63) is 77.0 Å². The number of carbonyl (C=O) groups is 1. The minimum atomic E-state index is -4.49. The van der Waals surface area contributed by atoms with Crippen molar-refractivity contribution in [3.8, 4) is 0 Å². The van der Waals surface area contributed by atoms with E-state index in [2.05, 4.69) is 15.7 Å². The molecule has 1 aliphatic rings. The summed E-state index contributed by atoms with van der Waals surface area (Å²) in [4.78, 5) is 12.6. The first-order valence-electron chi connectivity index (χ1n) is 9.58. The Labute approximate surface area is 171 Å². The molecule has 0 fully saturated rings. The van der Waals surface area contributed by atoms with Crippen LogP contribution in [0, 0.1) is 13.8 Å². The van der Waals surface area contributed by atoms with Crippen LogP contribution in [-0.2, 0) is 0 Å². The van der Waals surface area contributed by atoms with Crippen molar-refractivity contribution in [2.24, 2.45) is 0 Å². The molecule has 4 rings (SSSR count). The molecule has 0 radical (unpaired) electrons. The maximum Gasteiger partial charge on any atom is 0.410 e. The molecule has 3 aromatic rings. The zero-order valence-corrected chi connectivity index (χ0v) is 16.5. The quantitative estimate of drug-likeness (QED) is 0.602. The molecule has 2 N–H and O–H groups in total. The number of amides is 1. The Balaban J connectivity index is 1.63. The van der Waals surface area contributed by atoms with Crippen molar-refractivity contribution in [3.63, 3.8) is 0 Å². The summed E-state index contributed by atoms with van der Waals surface area (Å²) in [5, 5.41) is 9.75. The molecule has 1 amide bonds. The van der Waals surface area contributed by atoms with Crippen LogP contribution in [0.3, 0.4) is 0 Å². The number of aromatic nitrogens is 2. The van der Waals surface area contributed by atoms with Crippen molar-refractivity contribution in [2.75, 3.05) is 10.6 Å². The Morgan fingerprint density at radius 2 is 1.67 bits per heavy atom. The summed E-state index contributed by atoms with van der Waals surface area (Å²) < 4.78 is 42.2. The molecule has 2 heterocycles. The third kappa shape index (κ3) is 4.03. The van der Waals surface area contributed by atoms with Crippen LogP contribution in [0.5, 0.6) is 0 Å². The van der Waals surface area contributed by atoms with E-state index in [9.17, 15) is 18.0 Å². The minimum absolute atomic E-state index is 0.0723. The molecule has 2 unspecified atom stereocenters. The van der Waals surface area contributed by atoms with Crippen molar-refractivity contribution < 1.29 is 18.0 Å². The number of nitrogens with one attached hydrogen (secondary N) is 2. The van der Waals surface area contributed by atoms with E-state index in [0.717, 1.165) is 21.4 Å². The maximum atomic E-state index is 13.8. The normalized spacial score (nSPS) is 18.4. The lowest BCUT2D eigenvalue weighted by Crippen LogP contribution is -2.35. The molecule has 0 bridgehead atoms. The second-order valence-electron chi connectivity index (χ2n) is 7.58. The number of rotatable bonds is 3. The second-order valence-corrected chi connectivity index (χ2v) is 7.58. The van der Waals surface area contributed by atoms with Gasteiger partial charge in [0.1, 0.15) is 5.82 Å². The van der Waals surface area contributed by atoms with Crippen LogP contribution in [0.15, 0.2) is 54.6 Å². The van der Waals surface area contributed by atoms with E-state index < -0.39 is 24.2 Å². The lowest BCUT2D eigenvalue weighted by atomic mass is 9.96. The van der Waals surface area contributed by atoms with E-state index in [1.54, 1.807) is 12.1 Å². The average molecular weight is 414 g/mol. The molecule has 156 valence electrons. The standard InChI is InChI=1S/C22H21F3N4O/c1-13-3-7-15(8-4-13)17-11-19(22(23,24)25)29-20(27-17)12-18(28-29)21(30)26-16-9-5-14(2)6-10-16/h3-10,12,17,19,27H,11H2,1-2H3,(H,26,30). The number of fused-ring (bicyclic) bond motifs is 1. The highest BCUT2D eigenvalue weighted by Crippen LogP contribution is 2.43. The van der Waals surface area contributed by atoms with Crippen molar-refractivity contribution in [2.45, 2.75) is 38.5 Å². The molecular formula is C22H21F3N4O. The van der Waals surface area contributed by atoms with Gasteiger partial charge in [-0.05, 0) is 31.5 Å². The van der Waals surface area contributed by atoms with Gasteiger partial charge in [0, 0.05) is 18.2 Å². The molecule has 2 atom stereocenters. The smallest absolute Gasteiger partial charge is 0.363 e. The van der Waals surface area contributed by atoms with Crippen molar-refractivity contribution in [1.29, 1.82) is 0 Å². The molecule has 30 heavy (non-hydrogen) atoms. The van der Waals surface area contributed by atoms with Crippen LogP contribution in [0.25, 0.3) is 0 Å². The average Bonchev–Trinajstić information content (AvgIpc) is 3.13. The summed E-state index contributed by atoms with van der Waals surface area (Å²) in [6.45, 7) is 3.84. The third-order valence-corrected chi connectivity index (χ3v) is 5.21. The number of carbonyl (C=O) groups excluding carboxylic acids is 1. The predicted molar refractivity (Wildman–Crippen MR) is 109 cm³/mol. The van der Waals surface area contributed by atoms with Gasteiger partial charge in [-0.3, -0.25) is 4.79 Å². The van der Waals surface area contributed by atoms with E-state index in [1.165, 1.54) is 6.07 Å². The van der Waals surface area contributed by atoms with Gasteiger partial charge in [-0.1, -0.05) is 47.5 Å². The SMILES string of the molecule is Cc1ccc(NC(=O)c2cc3n(n2)C(C(F)(F)F)CC(c2ccc(C)cc2)N3)cc1. The third-order valence-electron chi connectivity index (χ3n) is 5.21. The predicted octanol–water partition coefficient (Wildman–Crippen LogP) is 5.41. The van der Waals surface area contributed by atoms with Gasteiger partial charge in [0.25, 0.3) is 5.91 Å². The highest BCUT2D eigenvalue weighted by Gasteiger charge is 2.46. The van der Waals surface area contributed by atoms with E-state index in [1.807, 2.05) is 50.2 Å². The molecule has 1 aromatic heterocycles. The zero-order chi connectivity index (χ0) is 21.5. The summed E-state index contributed by atoms with van der Waals surface area (Å²) in [7, 11) is 0. The zero-order valence-electron chi connectivity index (χ0n) is 16.5. The number of hydrogen-bond donors (Lipinski definition) is 2. The molecule has 1 aliphatic heterocycles. The van der Waals surface area contributed by atoms with Crippen molar-refractivity contribution >= 4 is 17.4 Å². The molecule has 2 aromatic carbocycles. The highest BCUT2D eigenvalue weighted by atomic mass is 19.4. The molecule has 0 saturated heterocycles. The first kappa shape index (κ1) is 20.0. The van der Waals surface area contributed by atoms with Gasteiger partial charge >= 0.3 is 6.18 Å². The number of halogens is 3. The monoisotopic (exact) mass is 414 g/mol. The van der Waals surface area contributed by atoms with Gasteiger partial charge < -0.3 is 10.6 Å². The topological polar surface area (TPSA) is 59.0 Å². The summed E-state index contributed by atoms with van der Waals surface area (Å²) in [5.41, 5.74) is 3.30. The van der Waals surface area contributed by atoms with Crippen LogP contribution in [0.1, 0.15) is 45.7 Å². The summed E-state index contributed by atoms with van der Waals surface area (Å²) in [5.74, 6) is -0.390. The largest absolute Gasteiger partial charge is 0.410 e. The Morgan fingerprint density at radius 3 is 2.27 bits per heavy atom. The van der Waals surface area contributed by atoms with Crippen LogP contribution in [0.4, 0.5) is 24.7 Å². The fourth-order valence-electron chi connectivity index (χ4n) is 3.53. The Morgan fingerprint density at radius 1 is 1.07 bits per heavy atom. The van der Waals surface area contributed by atoms with Crippen LogP contribution >= 0.6 is 0 Å². The molecule has 8 heteroatoms. The van der Waals surface area contributed by atoms with Gasteiger partial charge in [0.2, 0.25) is 0 Å². The van der Waals surface area contributed by atoms with Gasteiger partial charge in [-0.15, -0.1) is 0 Å². The molecular weight excluding hydrogens is 393 g/mol. The Hall–Kier alpha value is -3.29. The number of nitrogens with zero attached hydrogens (tertiary/aromatic N) is 2. The summed E-state index contributed by atoms with van der Waals surface area (Å²) in [6, 6.07) is 13.5. The first-order valence-corrected chi connectivity index (χ1v) is 9.58. The van der Waals surface area contributed by atoms with Gasteiger partial charge in [0.05, 0.1) is 6.04 Å². The van der Waals surface area contributed by atoms with Crippen LogP contribution in [0.2, 0.25) is 0 Å². The molecule has 5 nitrogen and oxygen atoms in total. The summed E-state index contributed by atoms with van der Waals surface area (Å²) >= 11 is 0. The second kappa shape index (κ2) is 7.51. The van der Waals surface area contributed by atoms with E-state index in [0.29, 0.717) is 5.69 Å². The first-order chi connectivity index (χ1) is 14.2. The van der Waals surface area contributed by atoms with Crippen molar-refractivity contribution in [1.82, 2.24) is 9.78 Å². The minimum Gasteiger partial charge on any atom is -0.363 e.